The molecule has 1 atom stereocenters. The second-order valence-corrected chi connectivity index (χ2v) is 9.89. The van der Waals surface area contributed by atoms with Gasteiger partial charge >= 0.3 is 0 Å². The summed E-state index contributed by atoms with van der Waals surface area (Å²) < 4.78 is 19.0. The highest BCUT2D eigenvalue weighted by molar-refractivity contribution is 8.26. The Labute approximate surface area is 213 Å². The van der Waals surface area contributed by atoms with E-state index in [1.807, 2.05) is 65.5 Å². The molecule has 0 radical (unpaired) electrons. The van der Waals surface area contributed by atoms with Gasteiger partial charge in [0, 0.05) is 23.9 Å². The minimum atomic E-state index is -0.0961. The monoisotopic (exact) mass is 507 g/mol. The molecular formula is C26H25N3O4S2. The first kappa shape index (κ1) is 23.6. The van der Waals surface area contributed by atoms with Gasteiger partial charge in [0.1, 0.15) is 10.0 Å². The molecule has 0 N–H and O–H groups in total. The molecule has 0 bridgehead atoms. The van der Waals surface area contributed by atoms with Crippen LogP contribution in [-0.4, -0.2) is 58.4 Å². The number of methoxy groups -OCH3 is 2. The van der Waals surface area contributed by atoms with Crippen LogP contribution in [-0.2, 0) is 9.53 Å². The number of benzene rings is 2. The van der Waals surface area contributed by atoms with Crippen LogP contribution in [0.3, 0.4) is 0 Å². The van der Waals surface area contributed by atoms with E-state index in [1.54, 1.807) is 19.1 Å². The van der Waals surface area contributed by atoms with E-state index in [4.69, 9.17) is 31.5 Å². The van der Waals surface area contributed by atoms with Gasteiger partial charge in [-0.15, -0.1) is 0 Å². The van der Waals surface area contributed by atoms with Gasteiger partial charge < -0.3 is 14.2 Å². The van der Waals surface area contributed by atoms with E-state index < -0.39 is 0 Å². The summed E-state index contributed by atoms with van der Waals surface area (Å²) in [7, 11) is 3.20. The topological polar surface area (TPSA) is 65.8 Å². The molecule has 2 saturated heterocycles. The number of thioether (sulfide) groups is 1. The molecule has 3 heterocycles. The normalized spacial score (nSPS) is 19.1. The number of carbonyl (C=O) groups is 1. The lowest BCUT2D eigenvalue weighted by atomic mass is 10.1. The van der Waals surface area contributed by atoms with Gasteiger partial charge in [0.25, 0.3) is 5.91 Å². The molecule has 9 heteroatoms. The first-order valence-corrected chi connectivity index (χ1v) is 12.5. The van der Waals surface area contributed by atoms with Gasteiger partial charge in [0.05, 0.1) is 37.5 Å². The smallest absolute Gasteiger partial charge is 0.266 e. The van der Waals surface area contributed by atoms with Crippen molar-refractivity contribution in [1.82, 2.24) is 14.7 Å². The molecule has 2 aliphatic rings. The second-order valence-electron chi connectivity index (χ2n) is 8.21. The minimum Gasteiger partial charge on any atom is -0.493 e. The maximum absolute atomic E-state index is 13.2. The van der Waals surface area contributed by atoms with Gasteiger partial charge in [-0.2, -0.15) is 5.10 Å². The van der Waals surface area contributed by atoms with Crippen molar-refractivity contribution in [3.8, 4) is 28.4 Å². The van der Waals surface area contributed by atoms with Crippen molar-refractivity contribution >= 4 is 40.3 Å². The van der Waals surface area contributed by atoms with Gasteiger partial charge in [0.15, 0.2) is 11.5 Å². The SMILES string of the molecule is COc1ccc(-c2nn(-c3ccccc3)cc2C=C2SC(=S)N(CC3CCCO3)C2=O)cc1OC. The molecule has 1 unspecified atom stereocenters. The summed E-state index contributed by atoms with van der Waals surface area (Å²) in [6.07, 6.45) is 5.80. The van der Waals surface area contributed by atoms with Crippen LogP contribution in [0.15, 0.2) is 59.6 Å². The fourth-order valence-electron chi connectivity index (χ4n) is 4.20. The van der Waals surface area contributed by atoms with Crippen LogP contribution >= 0.6 is 24.0 Å². The summed E-state index contributed by atoms with van der Waals surface area (Å²) in [6.45, 7) is 1.23. The van der Waals surface area contributed by atoms with E-state index in [9.17, 15) is 4.79 Å². The number of thiocarbonyl (C=S) groups is 1. The van der Waals surface area contributed by atoms with Gasteiger partial charge in [-0.1, -0.05) is 42.2 Å². The van der Waals surface area contributed by atoms with Crippen LogP contribution in [0.2, 0.25) is 0 Å². The molecule has 1 aromatic heterocycles. The molecule has 2 fully saturated rings. The minimum absolute atomic E-state index is 0.0417. The summed E-state index contributed by atoms with van der Waals surface area (Å²) in [5, 5.41) is 4.86. The third kappa shape index (κ3) is 4.84. The lowest BCUT2D eigenvalue weighted by molar-refractivity contribution is -0.123. The molecule has 0 aliphatic carbocycles. The van der Waals surface area contributed by atoms with Crippen molar-refractivity contribution in [2.45, 2.75) is 18.9 Å². The second kappa shape index (κ2) is 10.2. The van der Waals surface area contributed by atoms with Crippen molar-refractivity contribution in [2.75, 3.05) is 27.4 Å². The molecule has 2 aliphatic heterocycles. The van der Waals surface area contributed by atoms with E-state index in [1.165, 1.54) is 11.8 Å². The van der Waals surface area contributed by atoms with E-state index in [-0.39, 0.29) is 12.0 Å². The first-order valence-electron chi connectivity index (χ1n) is 11.3. The number of hydrogen-bond acceptors (Lipinski definition) is 7. The summed E-state index contributed by atoms with van der Waals surface area (Å²) >= 11 is 6.85. The number of carbonyl (C=O) groups excluding carboxylic acids is 1. The maximum Gasteiger partial charge on any atom is 0.266 e. The molecule has 1 amide bonds. The largest absolute Gasteiger partial charge is 0.493 e. The van der Waals surface area contributed by atoms with Gasteiger partial charge in [-0.3, -0.25) is 9.69 Å². The van der Waals surface area contributed by atoms with Crippen LogP contribution in [0.4, 0.5) is 0 Å². The summed E-state index contributed by atoms with van der Waals surface area (Å²) in [4.78, 5) is 15.5. The number of amides is 1. The predicted molar refractivity (Wildman–Crippen MR) is 141 cm³/mol. The van der Waals surface area contributed by atoms with Crippen molar-refractivity contribution in [3.05, 3.63) is 65.2 Å². The van der Waals surface area contributed by atoms with E-state index in [0.717, 1.165) is 42.0 Å². The number of ether oxygens (including phenoxy) is 3. The Hall–Kier alpha value is -3.14. The molecule has 35 heavy (non-hydrogen) atoms. The molecule has 3 aromatic rings. The average Bonchev–Trinajstić information content (AvgIpc) is 3.62. The average molecular weight is 508 g/mol. The summed E-state index contributed by atoms with van der Waals surface area (Å²) in [5.41, 5.74) is 3.29. The Morgan fingerprint density at radius 1 is 1.17 bits per heavy atom. The molecule has 0 saturated carbocycles. The van der Waals surface area contributed by atoms with E-state index >= 15 is 0 Å². The number of aromatic nitrogens is 2. The third-order valence-electron chi connectivity index (χ3n) is 5.99. The molecule has 2 aromatic carbocycles. The maximum atomic E-state index is 13.2. The Bertz CT molecular complexity index is 1280. The molecule has 0 spiro atoms. The summed E-state index contributed by atoms with van der Waals surface area (Å²) in [6, 6.07) is 15.5. The highest BCUT2D eigenvalue weighted by Gasteiger charge is 2.35. The molecule has 7 nitrogen and oxygen atoms in total. The van der Waals surface area contributed by atoms with Crippen molar-refractivity contribution < 1.29 is 19.0 Å². The number of rotatable bonds is 7. The number of hydrogen-bond donors (Lipinski definition) is 0. The predicted octanol–water partition coefficient (Wildman–Crippen LogP) is 4.94. The highest BCUT2D eigenvalue weighted by atomic mass is 32.2. The summed E-state index contributed by atoms with van der Waals surface area (Å²) in [5.74, 6) is 1.14. The standard InChI is InChI=1S/C26H25N3O4S2/c1-31-21-11-10-17(13-22(21)32-2)24-18(15-29(27-24)19-7-4-3-5-8-19)14-23-25(30)28(26(34)35-23)16-20-9-6-12-33-20/h3-5,7-8,10-11,13-15,20H,6,9,12,16H2,1-2H3. The first-order chi connectivity index (χ1) is 17.1. The van der Waals surface area contributed by atoms with E-state index in [0.29, 0.717) is 27.3 Å². The lowest BCUT2D eigenvalue weighted by Crippen LogP contribution is -2.35. The quantitative estimate of drug-likeness (QED) is 0.332. The Balaban J connectivity index is 1.54. The van der Waals surface area contributed by atoms with Crippen molar-refractivity contribution in [2.24, 2.45) is 0 Å². The van der Waals surface area contributed by atoms with Crippen LogP contribution in [0, 0.1) is 0 Å². The van der Waals surface area contributed by atoms with Crippen LogP contribution < -0.4 is 9.47 Å². The third-order valence-corrected chi connectivity index (χ3v) is 7.37. The van der Waals surface area contributed by atoms with Crippen molar-refractivity contribution in [1.29, 1.82) is 0 Å². The molecule has 180 valence electrons. The lowest BCUT2D eigenvalue weighted by Gasteiger charge is -2.18. The molecule has 5 rings (SSSR count). The molecular weight excluding hydrogens is 482 g/mol. The van der Waals surface area contributed by atoms with E-state index in [2.05, 4.69) is 0 Å². The Morgan fingerprint density at radius 3 is 2.69 bits per heavy atom. The van der Waals surface area contributed by atoms with Crippen LogP contribution in [0.25, 0.3) is 23.0 Å². The zero-order chi connectivity index (χ0) is 24.4. The zero-order valence-corrected chi connectivity index (χ0v) is 21.1. The fourth-order valence-corrected chi connectivity index (χ4v) is 5.47. The van der Waals surface area contributed by atoms with Gasteiger partial charge in [-0.25, -0.2) is 4.68 Å². The Morgan fingerprint density at radius 2 is 1.97 bits per heavy atom. The van der Waals surface area contributed by atoms with Crippen LogP contribution in [0.1, 0.15) is 18.4 Å². The van der Waals surface area contributed by atoms with Gasteiger partial charge in [-0.05, 0) is 49.2 Å². The van der Waals surface area contributed by atoms with Crippen molar-refractivity contribution in [3.63, 3.8) is 0 Å². The fraction of sp³-hybridized carbons (Fsp3) is 0.269. The zero-order valence-electron chi connectivity index (χ0n) is 19.5. The number of para-hydroxylation sites is 1. The van der Waals surface area contributed by atoms with Gasteiger partial charge in [0.2, 0.25) is 0 Å². The highest BCUT2D eigenvalue weighted by Crippen LogP contribution is 2.37. The van der Waals surface area contributed by atoms with Crippen LogP contribution in [0.5, 0.6) is 11.5 Å². The Kier molecular flexibility index (Phi) is 6.90. The number of nitrogens with zero attached hydrogens (tertiary/aromatic N) is 3.